The predicted octanol–water partition coefficient (Wildman–Crippen LogP) is 1.17. The standard InChI is InChI=1S/C17H19N7O2/c18-10-13(17(19)20)22-21-12-6-5-11(23-7-1-3-15(23)25)9-14(12)24-8-2-4-16(24)26/h5-6,9,21H,1-4,7-8H2,(H3,19,20)/b22-13+. The lowest BCUT2D eigenvalue weighted by Crippen LogP contribution is -2.27. The summed E-state index contributed by atoms with van der Waals surface area (Å²) >= 11 is 0. The van der Waals surface area contributed by atoms with Crippen LogP contribution in [0.5, 0.6) is 0 Å². The van der Waals surface area contributed by atoms with E-state index in [1.807, 2.05) is 0 Å². The number of nitrogens with one attached hydrogen (secondary N) is 2. The van der Waals surface area contributed by atoms with Gasteiger partial charge in [-0.1, -0.05) is 0 Å². The van der Waals surface area contributed by atoms with Gasteiger partial charge >= 0.3 is 0 Å². The minimum atomic E-state index is -0.446. The molecule has 2 heterocycles. The molecule has 26 heavy (non-hydrogen) atoms. The zero-order valence-electron chi connectivity index (χ0n) is 14.2. The SMILES string of the molecule is N#C/C(=N\Nc1ccc(N2CCCC2=O)cc1N1CCCC1=O)C(=N)N. The second kappa shape index (κ2) is 7.23. The number of amides is 2. The molecule has 134 valence electrons. The Morgan fingerprint density at radius 2 is 1.85 bits per heavy atom. The van der Waals surface area contributed by atoms with Crippen LogP contribution in [-0.4, -0.2) is 36.5 Å². The molecule has 0 aromatic heterocycles. The second-order valence-corrected chi connectivity index (χ2v) is 6.10. The topological polar surface area (TPSA) is 139 Å². The van der Waals surface area contributed by atoms with Gasteiger partial charge in [-0.2, -0.15) is 10.4 Å². The van der Waals surface area contributed by atoms with E-state index < -0.39 is 5.84 Å². The predicted molar refractivity (Wildman–Crippen MR) is 98.2 cm³/mol. The van der Waals surface area contributed by atoms with Crippen molar-refractivity contribution in [3.8, 4) is 6.07 Å². The molecule has 9 nitrogen and oxygen atoms in total. The Morgan fingerprint density at radius 3 is 2.38 bits per heavy atom. The van der Waals surface area contributed by atoms with E-state index >= 15 is 0 Å². The molecule has 2 aliphatic rings. The molecule has 4 N–H and O–H groups in total. The van der Waals surface area contributed by atoms with E-state index in [0.717, 1.165) is 18.5 Å². The Labute approximate surface area is 150 Å². The Hall–Kier alpha value is -3.41. The monoisotopic (exact) mass is 353 g/mol. The maximum atomic E-state index is 12.2. The Bertz CT molecular complexity index is 840. The number of amidine groups is 1. The number of anilines is 3. The van der Waals surface area contributed by atoms with E-state index in [1.54, 1.807) is 34.1 Å². The van der Waals surface area contributed by atoms with Crippen LogP contribution in [0.15, 0.2) is 23.3 Å². The first-order chi connectivity index (χ1) is 12.5. The molecule has 0 aliphatic carbocycles. The summed E-state index contributed by atoms with van der Waals surface area (Å²) in [6.07, 6.45) is 2.55. The van der Waals surface area contributed by atoms with E-state index in [-0.39, 0.29) is 17.5 Å². The first kappa shape index (κ1) is 17.4. The van der Waals surface area contributed by atoms with Gasteiger partial charge in [0.05, 0.1) is 11.4 Å². The zero-order valence-corrected chi connectivity index (χ0v) is 14.2. The van der Waals surface area contributed by atoms with Crippen molar-refractivity contribution in [2.45, 2.75) is 25.7 Å². The molecule has 3 rings (SSSR count). The molecule has 9 heteroatoms. The molecule has 2 saturated heterocycles. The van der Waals surface area contributed by atoms with Crippen LogP contribution < -0.4 is 21.0 Å². The van der Waals surface area contributed by atoms with Gasteiger partial charge in [-0.3, -0.25) is 20.4 Å². The van der Waals surface area contributed by atoms with Crippen LogP contribution in [0, 0.1) is 16.7 Å². The first-order valence-electron chi connectivity index (χ1n) is 8.34. The molecule has 2 fully saturated rings. The van der Waals surface area contributed by atoms with Gasteiger partial charge in [-0.05, 0) is 31.0 Å². The summed E-state index contributed by atoms with van der Waals surface area (Å²) < 4.78 is 0. The normalized spacial score (nSPS) is 17.6. The molecule has 0 spiro atoms. The summed E-state index contributed by atoms with van der Waals surface area (Å²) in [5.74, 6) is -0.391. The lowest BCUT2D eigenvalue weighted by Gasteiger charge is -2.23. The minimum Gasteiger partial charge on any atom is -0.382 e. The average Bonchev–Trinajstić information content (AvgIpc) is 3.23. The zero-order chi connectivity index (χ0) is 18.7. The summed E-state index contributed by atoms with van der Waals surface area (Å²) in [6.45, 7) is 1.23. The number of benzene rings is 1. The number of hydrazone groups is 1. The van der Waals surface area contributed by atoms with Gasteiger partial charge in [-0.15, -0.1) is 0 Å². The number of carbonyl (C=O) groups is 2. The third kappa shape index (κ3) is 3.35. The minimum absolute atomic E-state index is 0.00555. The van der Waals surface area contributed by atoms with Crippen molar-refractivity contribution in [3.05, 3.63) is 18.2 Å². The smallest absolute Gasteiger partial charge is 0.227 e. The molecule has 0 unspecified atom stereocenters. The Balaban J connectivity index is 1.98. The fourth-order valence-corrected chi connectivity index (χ4v) is 3.09. The van der Waals surface area contributed by atoms with E-state index in [9.17, 15) is 9.59 Å². The molecular weight excluding hydrogens is 334 g/mol. The van der Waals surface area contributed by atoms with Crippen molar-refractivity contribution in [1.82, 2.24) is 0 Å². The number of rotatable bonds is 5. The lowest BCUT2D eigenvalue weighted by molar-refractivity contribution is -0.117. The van der Waals surface area contributed by atoms with Crippen LogP contribution in [-0.2, 0) is 9.59 Å². The molecule has 2 aliphatic heterocycles. The van der Waals surface area contributed by atoms with Crippen molar-refractivity contribution in [1.29, 1.82) is 10.7 Å². The quantitative estimate of drug-likeness (QED) is 0.414. The van der Waals surface area contributed by atoms with Crippen LogP contribution in [0.2, 0.25) is 0 Å². The van der Waals surface area contributed by atoms with Crippen molar-refractivity contribution >= 4 is 40.4 Å². The van der Waals surface area contributed by atoms with Gasteiger partial charge in [0.1, 0.15) is 6.07 Å². The number of nitrogens with zero attached hydrogens (tertiary/aromatic N) is 4. The number of hydrogen-bond donors (Lipinski definition) is 3. The van der Waals surface area contributed by atoms with Gasteiger partial charge in [0.25, 0.3) is 0 Å². The summed E-state index contributed by atoms with van der Waals surface area (Å²) in [7, 11) is 0. The van der Waals surface area contributed by atoms with Crippen LogP contribution in [0.25, 0.3) is 0 Å². The van der Waals surface area contributed by atoms with Crippen molar-refractivity contribution < 1.29 is 9.59 Å². The highest BCUT2D eigenvalue weighted by atomic mass is 16.2. The molecule has 0 saturated carbocycles. The van der Waals surface area contributed by atoms with E-state index in [4.69, 9.17) is 16.4 Å². The summed E-state index contributed by atoms with van der Waals surface area (Å²) in [5, 5.41) is 20.1. The first-order valence-corrected chi connectivity index (χ1v) is 8.34. The molecular formula is C17H19N7O2. The van der Waals surface area contributed by atoms with Crippen LogP contribution in [0.1, 0.15) is 25.7 Å². The van der Waals surface area contributed by atoms with Gasteiger partial charge in [-0.25, -0.2) is 0 Å². The summed E-state index contributed by atoms with van der Waals surface area (Å²) in [5.41, 5.74) is 9.59. The van der Waals surface area contributed by atoms with Crippen LogP contribution in [0.4, 0.5) is 17.1 Å². The number of nitrogens with two attached hydrogens (primary N) is 1. The van der Waals surface area contributed by atoms with E-state index in [2.05, 4.69) is 10.5 Å². The molecule has 1 aromatic carbocycles. The average molecular weight is 353 g/mol. The van der Waals surface area contributed by atoms with Crippen molar-refractivity contribution in [2.24, 2.45) is 10.8 Å². The maximum absolute atomic E-state index is 12.2. The molecule has 2 amide bonds. The molecule has 1 aromatic rings. The highest BCUT2D eigenvalue weighted by molar-refractivity contribution is 6.45. The lowest BCUT2D eigenvalue weighted by atomic mass is 10.2. The fourth-order valence-electron chi connectivity index (χ4n) is 3.09. The number of carbonyl (C=O) groups excluding carboxylic acids is 2. The third-order valence-electron chi connectivity index (χ3n) is 4.38. The summed E-state index contributed by atoms with van der Waals surface area (Å²) in [6, 6.07) is 7.00. The molecule has 0 radical (unpaired) electrons. The largest absolute Gasteiger partial charge is 0.382 e. The van der Waals surface area contributed by atoms with Gasteiger partial charge in [0, 0.05) is 31.6 Å². The fraction of sp³-hybridized carbons (Fsp3) is 0.353. The highest BCUT2D eigenvalue weighted by Crippen LogP contribution is 2.35. The van der Waals surface area contributed by atoms with Gasteiger partial charge in [0.2, 0.25) is 17.5 Å². The third-order valence-corrected chi connectivity index (χ3v) is 4.38. The maximum Gasteiger partial charge on any atom is 0.227 e. The van der Waals surface area contributed by atoms with E-state index in [1.165, 1.54) is 0 Å². The highest BCUT2D eigenvalue weighted by Gasteiger charge is 2.27. The Kier molecular flexibility index (Phi) is 4.84. The molecule has 0 atom stereocenters. The van der Waals surface area contributed by atoms with Gasteiger partial charge in [0.15, 0.2) is 5.84 Å². The van der Waals surface area contributed by atoms with Crippen LogP contribution >= 0.6 is 0 Å². The van der Waals surface area contributed by atoms with Crippen molar-refractivity contribution in [3.63, 3.8) is 0 Å². The van der Waals surface area contributed by atoms with E-state index in [0.29, 0.717) is 37.3 Å². The van der Waals surface area contributed by atoms with Crippen LogP contribution in [0.3, 0.4) is 0 Å². The number of hydrogen-bond acceptors (Lipinski definition) is 6. The Morgan fingerprint density at radius 1 is 1.19 bits per heavy atom. The summed E-state index contributed by atoms with van der Waals surface area (Å²) in [4.78, 5) is 27.6. The second-order valence-electron chi connectivity index (χ2n) is 6.10. The van der Waals surface area contributed by atoms with Gasteiger partial charge < -0.3 is 15.5 Å². The number of nitriles is 1. The molecule has 0 bridgehead atoms. The van der Waals surface area contributed by atoms with Crippen molar-refractivity contribution in [2.75, 3.05) is 28.3 Å².